The number of thiophene rings is 1. The number of sulfonamides is 1. The molecule has 1 amide bonds. The quantitative estimate of drug-likeness (QED) is 0.807. The Morgan fingerprint density at radius 2 is 1.86 bits per heavy atom. The van der Waals surface area contributed by atoms with Crippen LogP contribution in [0.1, 0.15) is 46.5 Å². The van der Waals surface area contributed by atoms with E-state index >= 15 is 0 Å². The molecule has 2 aliphatic rings. The minimum Gasteiger partial charge on any atom is -0.352 e. The summed E-state index contributed by atoms with van der Waals surface area (Å²) >= 11 is 1.74. The first-order chi connectivity index (χ1) is 13.4. The first-order valence-corrected chi connectivity index (χ1v) is 12.6. The Hall–Kier alpha value is -1.64. The lowest BCUT2D eigenvalue weighted by Crippen LogP contribution is -2.41. The number of amides is 1. The normalized spacial score (nSPS) is 18.8. The lowest BCUT2D eigenvalue weighted by molar-refractivity contribution is 0.0941. The zero-order chi connectivity index (χ0) is 19.7. The molecule has 1 aliphatic carbocycles. The van der Waals surface area contributed by atoms with Crippen molar-refractivity contribution in [3.63, 3.8) is 0 Å². The van der Waals surface area contributed by atoms with Gasteiger partial charge in [0.25, 0.3) is 5.91 Å². The Morgan fingerprint density at radius 1 is 1.18 bits per heavy atom. The van der Waals surface area contributed by atoms with E-state index in [0.29, 0.717) is 25.6 Å². The average Bonchev–Trinajstić information content (AvgIpc) is 3.33. The first-order valence-electron chi connectivity index (χ1n) is 9.94. The highest BCUT2D eigenvalue weighted by Gasteiger charge is 2.28. The van der Waals surface area contributed by atoms with Crippen molar-refractivity contribution in [1.82, 2.24) is 14.2 Å². The van der Waals surface area contributed by atoms with Crippen molar-refractivity contribution in [2.75, 3.05) is 25.9 Å². The van der Waals surface area contributed by atoms with Crippen LogP contribution in [0.3, 0.4) is 0 Å². The van der Waals surface area contributed by atoms with Crippen LogP contribution >= 0.6 is 11.3 Å². The Balaban J connectivity index is 1.46. The molecule has 1 aliphatic heterocycles. The molecule has 1 N–H and O–H groups in total. The third-order valence-corrected chi connectivity index (χ3v) is 8.42. The van der Waals surface area contributed by atoms with E-state index in [2.05, 4.69) is 5.32 Å². The summed E-state index contributed by atoms with van der Waals surface area (Å²) in [6, 6.07) is 3.96. The Labute approximate surface area is 170 Å². The fraction of sp³-hybridized carbons (Fsp3) is 0.550. The van der Waals surface area contributed by atoms with E-state index in [0.717, 1.165) is 42.7 Å². The highest BCUT2D eigenvalue weighted by atomic mass is 32.2. The molecule has 0 unspecified atom stereocenters. The molecule has 4 rings (SSSR count). The Bertz CT molecular complexity index is 940. The number of hydrogen-bond acceptors (Lipinski definition) is 4. The maximum Gasteiger partial charge on any atom is 0.254 e. The van der Waals surface area contributed by atoms with Crippen LogP contribution in [0.4, 0.5) is 0 Å². The minimum absolute atomic E-state index is 0.00800. The standard InChI is InChI=1S/C20H27N3O3S2/c1-28(25,26)23-12-8-15(9-13-23)14-21-19(24)18-16-6-2-3-7-17(16)27-20(18)22-10-4-5-11-22/h4-5,10-11,15H,2-3,6-9,12-14H2,1H3,(H,21,24). The molecule has 2 aromatic heterocycles. The third-order valence-electron chi connectivity index (χ3n) is 5.81. The zero-order valence-corrected chi connectivity index (χ0v) is 17.8. The van der Waals surface area contributed by atoms with E-state index in [1.807, 2.05) is 29.1 Å². The summed E-state index contributed by atoms with van der Waals surface area (Å²) in [5.74, 6) is 0.333. The van der Waals surface area contributed by atoms with Crippen LogP contribution in [-0.2, 0) is 22.9 Å². The van der Waals surface area contributed by atoms with E-state index in [4.69, 9.17) is 0 Å². The molecule has 2 aromatic rings. The number of carbonyl (C=O) groups excluding carboxylic acids is 1. The topological polar surface area (TPSA) is 71.4 Å². The number of nitrogens with zero attached hydrogens (tertiary/aromatic N) is 2. The van der Waals surface area contributed by atoms with Crippen molar-refractivity contribution in [2.24, 2.45) is 5.92 Å². The summed E-state index contributed by atoms with van der Waals surface area (Å²) < 4.78 is 26.9. The molecular formula is C20H27N3O3S2. The van der Waals surface area contributed by atoms with Crippen molar-refractivity contribution in [3.05, 3.63) is 40.5 Å². The maximum absolute atomic E-state index is 13.1. The lowest BCUT2D eigenvalue weighted by Gasteiger charge is -2.30. The number of aromatic nitrogens is 1. The van der Waals surface area contributed by atoms with Crippen molar-refractivity contribution >= 4 is 27.3 Å². The van der Waals surface area contributed by atoms with Gasteiger partial charge < -0.3 is 9.88 Å². The number of piperidine rings is 1. The molecule has 6 nitrogen and oxygen atoms in total. The summed E-state index contributed by atoms with van der Waals surface area (Å²) in [6.45, 7) is 1.69. The molecule has 0 atom stereocenters. The molecule has 0 bridgehead atoms. The van der Waals surface area contributed by atoms with Crippen LogP contribution in [0.25, 0.3) is 5.00 Å². The van der Waals surface area contributed by atoms with Crippen LogP contribution in [0, 0.1) is 5.92 Å². The smallest absolute Gasteiger partial charge is 0.254 e. The number of nitrogens with one attached hydrogen (secondary N) is 1. The fourth-order valence-electron chi connectivity index (χ4n) is 4.21. The zero-order valence-electron chi connectivity index (χ0n) is 16.2. The Kier molecular flexibility index (Phi) is 5.62. The van der Waals surface area contributed by atoms with Gasteiger partial charge in [-0.15, -0.1) is 11.3 Å². The summed E-state index contributed by atoms with van der Waals surface area (Å²) in [4.78, 5) is 14.5. The van der Waals surface area contributed by atoms with Crippen molar-refractivity contribution < 1.29 is 13.2 Å². The number of rotatable bonds is 5. The second-order valence-electron chi connectivity index (χ2n) is 7.80. The van der Waals surface area contributed by atoms with Gasteiger partial charge >= 0.3 is 0 Å². The maximum atomic E-state index is 13.1. The predicted molar refractivity (Wildman–Crippen MR) is 112 cm³/mol. The SMILES string of the molecule is CS(=O)(=O)N1CCC(CNC(=O)c2c(-n3cccc3)sc3c2CCCC3)CC1. The largest absolute Gasteiger partial charge is 0.352 e. The summed E-state index contributed by atoms with van der Waals surface area (Å²) in [5, 5.41) is 4.16. The molecule has 0 saturated carbocycles. The van der Waals surface area contributed by atoms with Crippen LogP contribution in [-0.4, -0.2) is 49.1 Å². The molecule has 152 valence electrons. The molecular weight excluding hydrogens is 394 g/mol. The van der Waals surface area contributed by atoms with Gasteiger partial charge in [0.15, 0.2) is 0 Å². The van der Waals surface area contributed by atoms with Gasteiger partial charge in [-0.05, 0) is 62.1 Å². The van der Waals surface area contributed by atoms with Gasteiger partial charge in [-0.3, -0.25) is 4.79 Å². The number of carbonyl (C=O) groups is 1. The van der Waals surface area contributed by atoms with Crippen LogP contribution in [0.5, 0.6) is 0 Å². The van der Waals surface area contributed by atoms with Crippen molar-refractivity contribution in [2.45, 2.75) is 38.5 Å². The van der Waals surface area contributed by atoms with Gasteiger partial charge in [-0.1, -0.05) is 0 Å². The summed E-state index contributed by atoms with van der Waals surface area (Å²) in [5.41, 5.74) is 2.06. The molecule has 1 saturated heterocycles. The van der Waals surface area contributed by atoms with Gasteiger partial charge in [0.2, 0.25) is 10.0 Å². The van der Waals surface area contributed by atoms with E-state index < -0.39 is 10.0 Å². The Morgan fingerprint density at radius 3 is 2.54 bits per heavy atom. The van der Waals surface area contributed by atoms with Crippen LogP contribution < -0.4 is 5.32 Å². The van der Waals surface area contributed by atoms with Gasteiger partial charge in [-0.25, -0.2) is 12.7 Å². The second kappa shape index (κ2) is 8.00. The van der Waals surface area contributed by atoms with Gasteiger partial charge in [0.1, 0.15) is 5.00 Å². The van der Waals surface area contributed by atoms with E-state index in [1.165, 1.54) is 27.4 Å². The minimum atomic E-state index is -3.11. The summed E-state index contributed by atoms with van der Waals surface area (Å²) in [7, 11) is -3.11. The third kappa shape index (κ3) is 4.04. The highest BCUT2D eigenvalue weighted by molar-refractivity contribution is 7.88. The fourth-order valence-corrected chi connectivity index (χ4v) is 6.43. The van der Waals surface area contributed by atoms with Crippen LogP contribution in [0.2, 0.25) is 0 Å². The van der Waals surface area contributed by atoms with Crippen LogP contribution in [0.15, 0.2) is 24.5 Å². The molecule has 0 spiro atoms. The highest BCUT2D eigenvalue weighted by Crippen LogP contribution is 2.37. The van der Waals surface area contributed by atoms with Crippen molar-refractivity contribution in [3.8, 4) is 5.00 Å². The molecule has 0 radical (unpaired) electrons. The monoisotopic (exact) mass is 421 g/mol. The van der Waals surface area contributed by atoms with E-state index in [-0.39, 0.29) is 5.91 Å². The number of hydrogen-bond donors (Lipinski definition) is 1. The molecule has 1 fully saturated rings. The molecule has 0 aromatic carbocycles. The first kappa shape index (κ1) is 19.7. The molecule has 8 heteroatoms. The molecule has 3 heterocycles. The number of aryl methyl sites for hydroxylation is 1. The van der Waals surface area contributed by atoms with E-state index in [9.17, 15) is 13.2 Å². The van der Waals surface area contributed by atoms with Gasteiger partial charge in [0.05, 0.1) is 11.8 Å². The predicted octanol–water partition coefficient (Wildman–Crippen LogP) is 2.82. The van der Waals surface area contributed by atoms with Gasteiger partial charge in [-0.2, -0.15) is 0 Å². The average molecular weight is 422 g/mol. The van der Waals surface area contributed by atoms with Gasteiger partial charge in [0, 0.05) is 36.9 Å². The number of fused-ring (bicyclic) bond motifs is 1. The van der Waals surface area contributed by atoms with E-state index in [1.54, 1.807) is 11.3 Å². The lowest BCUT2D eigenvalue weighted by atomic mass is 9.94. The summed E-state index contributed by atoms with van der Waals surface area (Å²) in [6.07, 6.45) is 11.2. The molecule has 28 heavy (non-hydrogen) atoms. The second-order valence-corrected chi connectivity index (χ2v) is 10.9. The van der Waals surface area contributed by atoms with Crippen molar-refractivity contribution in [1.29, 1.82) is 0 Å².